The van der Waals surface area contributed by atoms with Crippen LogP contribution in [0, 0.1) is 6.92 Å². The van der Waals surface area contributed by atoms with Crippen LogP contribution < -0.4 is 10.6 Å². The third-order valence-electron chi connectivity index (χ3n) is 4.17. The highest BCUT2D eigenvalue weighted by atomic mass is 16.1. The number of hydrogen-bond acceptors (Lipinski definition) is 4. The summed E-state index contributed by atoms with van der Waals surface area (Å²) in [6.07, 6.45) is 3.74. The molecule has 2 N–H and O–H groups in total. The summed E-state index contributed by atoms with van der Waals surface area (Å²) in [6.45, 7) is 7.95. The highest BCUT2D eigenvalue weighted by Gasteiger charge is 2.19. The Morgan fingerprint density at radius 3 is 2.82 bits per heavy atom. The van der Waals surface area contributed by atoms with E-state index < -0.39 is 0 Å². The molecule has 0 unspecified atom stereocenters. The van der Waals surface area contributed by atoms with Gasteiger partial charge in [0, 0.05) is 17.5 Å². The third-order valence-corrected chi connectivity index (χ3v) is 4.17. The van der Waals surface area contributed by atoms with E-state index in [1.807, 2.05) is 17.7 Å². The SMILES string of the molecule is Cc1nc2c(cnn2C(C)C)cc1C(=O)NC1CCNCC1. The molecule has 6 nitrogen and oxygen atoms in total. The minimum Gasteiger partial charge on any atom is -0.349 e. The van der Waals surface area contributed by atoms with Gasteiger partial charge in [0.05, 0.1) is 17.5 Å². The van der Waals surface area contributed by atoms with Gasteiger partial charge in [-0.05, 0) is 52.8 Å². The molecule has 0 saturated carbocycles. The molecule has 0 radical (unpaired) electrons. The Labute approximate surface area is 130 Å². The van der Waals surface area contributed by atoms with Crippen molar-refractivity contribution in [1.82, 2.24) is 25.4 Å². The van der Waals surface area contributed by atoms with E-state index in [1.54, 1.807) is 6.20 Å². The Bertz CT molecular complexity index is 685. The molecule has 22 heavy (non-hydrogen) atoms. The van der Waals surface area contributed by atoms with Crippen LogP contribution in [-0.4, -0.2) is 39.8 Å². The average molecular weight is 301 g/mol. The van der Waals surface area contributed by atoms with E-state index in [9.17, 15) is 4.79 Å². The number of pyridine rings is 1. The fourth-order valence-electron chi connectivity index (χ4n) is 2.90. The number of carbonyl (C=O) groups is 1. The summed E-state index contributed by atoms with van der Waals surface area (Å²) in [4.78, 5) is 17.1. The number of aromatic nitrogens is 3. The Morgan fingerprint density at radius 1 is 1.41 bits per heavy atom. The van der Waals surface area contributed by atoms with Crippen molar-refractivity contribution in [3.05, 3.63) is 23.5 Å². The largest absolute Gasteiger partial charge is 0.349 e. The van der Waals surface area contributed by atoms with Gasteiger partial charge in [-0.15, -0.1) is 0 Å². The normalized spacial score (nSPS) is 16.4. The van der Waals surface area contributed by atoms with Gasteiger partial charge in [-0.25, -0.2) is 9.67 Å². The van der Waals surface area contributed by atoms with Crippen LogP contribution >= 0.6 is 0 Å². The number of nitrogens with zero attached hydrogens (tertiary/aromatic N) is 3. The molecule has 2 aromatic heterocycles. The number of rotatable bonds is 3. The molecule has 1 aliphatic rings. The predicted octanol–water partition coefficient (Wildman–Crippen LogP) is 1.80. The molecule has 118 valence electrons. The van der Waals surface area contributed by atoms with Crippen LogP contribution in [0.5, 0.6) is 0 Å². The van der Waals surface area contributed by atoms with Crippen molar-refractivity contribution in [3.63, 3.8) is 0 Å². The Morgan fingerprint density at radius 2 is 2.14 bits per heavy atom. The quantitative estimate of drug-likeness (QED) is 0.907. The molecule has 1 fully saturated rings. The smallest absolute Gasteiger partial charge is 0.253 e. The van der Waals surface area contributed by atoms with E-state index in [-0.39, 0.29) is 18.0 Å². The lowest BCUT2D eigenvalue weighted by Gasteiger charge is -2.23. The fraction of sp³-hybridized carbons (Fsp3) is 0.562. The number of hydrogen-bond donors (Lipinski definition) is 2. The summed E-state index contributed by atoms with van der Waals surface area (Å²) in [5.74, 6) is -0.0314. The number of aryl methyl sites for hydroxylation is 1. The zero-order valence-corrected chi connectivity index (χ0v) is 13.4. The zero-order chi connectivity index (χ0) is 15.7. The molecule has 2 aromatic rings. The second-order valence-corrected chi connectivity index (χ2v) is 6.21. The van der Waals surface area contributed by atoms with E-state index in [4.69, 9.17) is 0 Å². The number of piperidine rings is 1. The summed E-state index contributed by atoms with van der Waals surface area (Å²) in [7, 11) is 0. The number of fused-ring (bicyclic) bond motifs is 1. The van der Waals surface area contributed by atoms with E-state index in [0.717, 1.165) is 42.7 Å². The fourth-order valence-corrected chi connectivity index (χ4v) is 2.90. The second-order valence-electron chi connectivity index (χ2n) is 6.21. The standard InChI is InChI=1S/C16H23N5O/c1-10(2)21-15-12(9-18-21)8-14(11(3)19-15)16(22)20-13-4-6-17-7-5-13/h8-10,13,17H,4-7H2,1-3H3,(H,20,22). The van der Waals surface area contributed by atoms with Crippen molar-refractivity contribution < 1.29 is 4.79 Å². The van der Waals surface area contributed by atoms with Crippen molar-refractivity contribution in [2.75, 3.05) is 13.1 Å². The van der Waals surface area contributed by atoms with Gasteiger partial charge in [0.15, 0.2) is 5.65 Å². The average Bonchev–Trinajstić information content (AvgIpc) is 2.90. The first-order valence-corrected chi connectivity index (χ1v) is 7.92. The van der Waals surface area contributed by atoms with Crippen LogP contribution in [0.25, 0.3) is 11.0 Å². The number of carbonyl (C=O) groups excluding carboxylic acids is 1. The maximum absolute atomic E-state index is 12.5. The van der Waals surface area contributed by atoms with Gasteiger partial charge in [0.2, 0.25) is 0 Å². The highest BCUT2D eigenvalue weighted by molar-refractivity contribution is 5.98. The van der Waals surface area contributed by atoms with Crippen LogP contribution in [0.4, 0.5) is 0 Å². The van der Waals surface area contributed by atoms with Crippen LogP contribution in [0.3, 0.4) is 0 Å². The molecule has 0 aromatic carbocycles. The molecule has 3 rings (SSSR count). The lowest BCUT2D eigenvalue weighted by atomic mass is 10.1. The first-order chi connectivity index (χ1) is 10.6. The molecule has 0 aliphatic carbocycles. The first-order valence-electron chi connectivity index (χ1n) is 7.92. The van der Waals surface area contributed by atoms with Crippen molar-refractivity contribution >= 4 is 16.9 Å². The van der Waals surface area contributed by atoms with Gasteiger partial charge in [-0.2, -0.15) is 5.10 Å². The second kappa shape index (κ2) is 6.04. The molecular weight excluding hydrogens is 278 g/mol. The van der Waals surface area contributed by atoms with Crippen LogP contribution in [0.1, 0.15) is 48.8 Å². The summed E-state index contributed by atoms with van der Waals surface area (Å²) in [5, 5.41) is 11.7. The highest BCUT2D eigenvalue weighted by Crippen LogP contribution is 2.19. The summed E-state index contributed by atoms with van der Waals surface area (Å²) >= 11 is 0. The van der Waals surface area contributed by atoms with Gasteiger partial charge in [0.25, 0.3) is 5.91 Å². The van der Waals surface area contributed by atoms with E-state index in [0.29, 0.717) is 5.56 Å². The topological polar surface area (TPSA) is 71.8 Å². The van der Waals surface area contributed by atoms with Gasteiger partial charge < -0.3 is 10.6 Å². The Kier molecular flexibility index (Phi) is 4.11. The summed E-state index contributed by atoms with van der Waals surface area (Å²) in [6, 6.07) is 2.40. The molecule has 0 spiro atoms. The third kappa shape index (κ3) is 2.83. The van der Waals surface area contributed by atoms with Gasteiger partial charge in [-0.3, -0.25) is 4.79 Å². The number of amides is 1. The van der Waals surface area contributed by atoms with E-state index >= 15 is 0 Å². The Balaban J connectivity index is 1.87. The lowest BCUT2D eigenvalue weighted by molar-refractivity contribution is 0.0928. The molecule has 0 bridgehead atoms. The molecule has 1 aliphatic heterocycles. The zero-order valence-electron chi connectivity index (χ0n) is 13.4. The van der Waals surface area contributed by atoms with Crippen molar-refractivity contribution in [3.8, 4) is 0 Å². The van der Waals surface area contributed by atoms with Crippen molar-refractivity contribution in [1.29, 1.82) is 0 Å². The number of nitrogens with one attached hydrogen (secondary N) is 2. The summed E-state index contributed by atoms with van der Waals surface area (Å²) in [5.41, 5.74) is 2.24. The predicted molar refractivity (Wildman–Crippen MR) is 86.0 cm³/mol. The van der Waals surface area contributed by atoms with Gasteiger partial charge >= 0.3 is 0 Å². The molecule has 1 saturated heterocycles. The molecule has 6 heteroatoms. The van der Waals surface area contributed by atoms with E-state index in [2.05, 4.69) is 34.6 Å². The molecule has 0 atom stereocenters. The van der Waals surface area contributed by atoms with Crippen molar-refractivity contribution in [2.24, 2.45) is 0 Å². The van der Waals surface area contributed by atoms with Crippen LogP contribution in [0.15, 0.2) is 12.3 Å². The molecule has 3 heterocycles. The maximum Gasteiger partial charge on any atom is 0.253 e. The van der Waals surface area contributed by atoms with Crippen molar-refractivity contribution in [2.45, 2.75) is 45.7 Å². The molecular formula is C16H23N5O. The first kappa shape index (κ1) is 15.0. The minimum atomic E-state index is -0.0314. The van der Waals surface area contributed by atoms with E-state index in [1.165, 1.54) is 0 Å². The molecule has 1 amide bonds. The van der Waals surface area contributed by atoms with Gasteiger partial charge in [-0.1, -0.05) is 0 Å². The Hall–Kier alpha value is -1.95. The summed E-state index contributed by atoms with van der Waals surface area (Å²) < 4.78 is 1.89. The monoisotopic (exact) mass is 301 g/mol. The lowest BCUT2D eigenvalue weighted by Crippen LogP contribution is -2.42. The van der Waals surface area contributed by atoms with Gasteiger partial charge in [0.1, 0.15) is 0 Å². The van der Waals surface area contributed by atoms with Crippen LogP contribution in [-0.2, 0) is 0 Å². The minimum absolute atomic E-state index is 0.0314. The van der Waals surface area contributed by atoms with Crippen LogP contribution in [0.2, 0.25) is 0 Å². The maximum atomic E-state index is 12.5.